The number of halogens is 2. The van der Waals surface area contributed by atoms with E-state index in [1.807, 2.05) is 43.4 Å². The smallest absolute Gasteiger partial charge is 0.410 e. The molecule has 1 aromatic heterocycles. The van der Waals surface area contributed by atoms with E-state index < -0.39 is 5.60 Å². The lowest BCUT2D eigenvalue weighted by atomic mass is 10.2. The molecule has 0 aromatic carbocycles. The molecule has 1 fully saturated rings. The fourth-order valence-electron chi connectivity index (χ4n) is 2.28. The molecule has 2 rings (SSSR count). The number of hydrogen-bond acceptors (Lipinski definition) is 6. The van der Waals surface area contributed by atoms with Crippen molar-refractivity contribution < 1.29 is 14.3 Å². The molecular formula is C15H21ClIN5O3. The van der Waals surface area contributed by atoms with Crippen molar-refractivity contribution in [3.05, 3.63) is 15.1 Å². The van der Waals surface area contributed by atoms with Crippen molar-refractivity contribution in [2.24, 2.45) is 0 Å². The molecule has 1 saturated heterocycles. The Morgan fingerprint density at radius 3 is 2.84 bits per heavy atom. The van der Waals surface area contributed by atoms with E-state index in [2.05, 4.69) is 20.6 Å². The van der Waals surface area contributed by atoms with E-state index in [4.69, 9.17) is 16.3 Å². The second-order valence-electron chi connectivity index (χ2n) is 6.66. The lowest BCUT2D eigenvalue weighted by molar-refractivity contribution is -0.120. The summed E-state index contributed by atoms with van der Waals surface area (Å²) in [5, 5.41) is 6.17. The van der Waals surface area contributed by atoms with E-state index >= 15 is 0 Å². The molecule has 0 aliphatic carbocycles. The van der Waals surface area contributed by atoms with Crippen LogP contribution in [0.15, 0.2) is 6.33 Å². The van der Waals surface area contributed by atoms with Crippen molar-refractivity contribution in [3.8, 4) is 0 Å². The van der Waals surface area contributed by atoms with Gasteiger partial charge in [0.15, 0.2) is 0 Å². The monoisotopic (exact) mass is 481 g/mol. The lowest BCUT2D eigenvalue weighted by Crippen LogP contribution is -2.42. The Balaban J connectivity index is 1.78. The van der Waals surface area contributed by atoms with Gasteiger partial charge in [-0.2, -0.15) is 0 Å². The zero-order valence-electron chi connectivity index (χ0n) is 14.3. The number of carbonyl (C=O) groups is 2. The third-order valence-corrected chi connectivity index (χ3v) is 5.00. The van der Waals surface area contributed by atoms with Gasteiger partial charge in [0.1, 0.15) is 22.9 Å². The Labute approximate surface area is 165 Å². The zero-order chi connectivity index (χ0) is 18.6. The van der Waals surface area contributed by atoms with Crippen molar-refractivity contribution in [2.45, 2.75) is 38.8 Å². The van der Waals surface area contributed by atoms with Crippen molar-refractivity contribution in [1.29, 1.82) is 0 Å². The van der Waals surface area contributed by atoms with Gasteiger partial charge >= 0.3 is 6.09 Å². The van der Waals surface area contributed by atoms with E-state index in [0.717, 1.165) is 0 Å². The van der Waals surface area contributed by atoms with Gasteiger partial charge in [0, 0.05) is 19.1 Å². The summed E-state index contributed by atoms with van der Waals surface area (Å²) in [6, 6.07) is -0.0881. The number of ether oxygens (including phenoxy) is 1. The van der Waals surface area contributed by atoms with Crippen molar-refractivity contribution in [2.75, 3.05) is 25.0 Å². The Kier molecular flexibility index (Phi) is 6.66. The van der Waals surface area contributed by atoms with Gasteiger partial charge in [-0.05, 0) is 49.8 Å². The van der Waals surface area contributed by atoms with Gasteiger partial charge in [-0.1, -0.05) is 11.6 Å². The summed E-state index contributed by atoms with van der Waals surface area (Å²) in [6.07, 6.45) is 1.68. The number of carbonyl (C=O) groups excluding carboxylic acids is 2. The summed E-state index contributed by atoms with van der Waals surface area (Å²) in [6.45, 7) is 6.54. The minimum Gasteiger partial charge on any atom is -0.444 e. The van der Waals surface area contributed by atoms with Crippen LogP contribution in [0, 0.1) is 3.57 Å². The summed E-state index contributed by atoms with van der Waals surface area (Å²) in [7, 11) is 0. The fourth-order valence-corrected chi connectivity index (χ4v) is 2.89. The first-order valence-corrected chi connectivity index (χ1v) is 9.28. The highest BCUT2D eigenvalue weighted by Crippen LogP contribution is 2.21. The van der Waals surface area contributed by atoms with Crippen molar-refractivity contribution >= 4 is 52.0 Å². The third-order valence-electron chi connectivity index (χ3n) is 3.37. The Hall–Kier alpha value is -1.36. The van der Waals surface area contributed by atoms with Gasteiger partial charge in [0.2, 0.25) is 5.91 Å². The van der Waals surface area contributed by atoms with Crippen LogP contribution in [0.25, 0.3) is 0 Å². The summed E-state index contributed by atoms with van der Waals surface area (Å²) in [5.41, 5.74) is -0.529. The Bertz CT molecular complexity index is 653. The standard InChI is InChI=1S/C15H21ClIN5O3/c1-15(2,3)25-14(24)22-5-4-9(7-22)21-10(23)6-18-13-11(17)12(16)19-8-20-13/h8-9H,4-7H2,1-3H3,(H,21,23)(H,18,19,20). The second kappa shape index (κ2) is 8.35. The molecule has 8 nitrogen and oxygen atoms in total. The van der Waals surface area contributed by atoms with Crippen molar-refractivity contribution in [1.82, 2.24) is 20.2 Å². The highest BCUT2D eigenvalue weighted by molar-refractivity contribution is 14.1. The summed E-state index contributed by atoms with van der Waals surface area (Å²) < 4.78 is 6.00. The summed E-state index contributed by atoms with van der Waals surface area (Å²) in [4.78, 5) is 33.6. The van der Waals surface area contributed by atoms with Crippen LogP contribution in [0.2, 0.25) is 5.15 Å². The largest absolute Gasteiger partial charge is 0.444 e. The number of anilines is 1. The lowest BCUT2D eigenvalue weighted by Gasteiger charge is -2.24. The number of rotatable bonds is 4. The third kappa shape index (κ3) is 6.14. The molecule has 2 heterocycles. The van der Waals surface area contributed by atoms with Gasteiger partial charge in [0.25, 0.3) is 0 Å². The molecular weight excluding hydrogens is 461 g/mol. The van der Waals surface area contributed by atoms with Crippen LogP contribution in [-0.4, -0.2) is 58.1 Å². The molecule has 10 heteroatoms. The second-order valence-corrected chi connectivity index (χ2v) is 8.10. The molecule has 0 radical (unpaired) electrons. The first kappa shape index (κ1) is 20.0. The molecule has 1 aliphatic rings. The number of likely N-dealkylation sites (tertiary alicyclic amines) is 1. The molecule has 138 valence electrons. The molecule has 1 atom stereocenters. The highest BCUT2D eigenvalue weighted by Gasteiger charge is 2.30. The Morgan fingerprint density at radius 1 is 1.44 bits per heavy atom. The quantitative estimate of drug-likeness (QED) is 0.506. The van der Waals surface area contributed by atoms with Crippen LogP contribution in [-0.2, 0) is 9.53 Å². The van der Waals surface area contributed by atoms with E-state index in [-0.39, 0.29) is 24.6 Å². The van der Waals surface area contributed by atoms with Crippen LogP contribution in [0.3, 0.4) is 0 Å². The molecule has 0 spiro atoms. The average molecular weight is 482 g/mol. The van der Waals surface area contributed by atoms with E-state index in [1.54, 1.807) is 4.90 Å². The molecule has 0 saturated carbocycles. The fraction of sp³-hybridized carbons (Fsp3) is 0.600. The van der Waals surface area contributed by atoms with Gasteiger partial charge in [-0.3, -0.25) is 4.79 Å². The Morgan fingerprint density at radius 2 is 2.16 bits per heavy atom. The minimum atomic E-state index is -0.529. The van der Waals surface area contributed by atoms with Crippen LogP contribution in [0.4, 0.5) is 10.6 Å². The van der Waals surface area contributed by atoms with Gasteiger partial charge in [0.05, 0.1) is 10.1 Å². The van der Waals surface area contributed by atoms with E-state index in [0.29, 0.717) is 34.1 Å². The van der Waals surface area contributed by atoms with Crippen LogP contribution in [0.5, 0.6) is 0 Å². The maximum absolute atomic E-state index is 12.1. The minimum absolute atomic E-state index is 0.0618. The summed E-state index contributed by atoms with van der Waals surface area (Å²) >= 11 is 7.92. The molecule has 25 heavy (non-hydrogen) atoms. The number of nitrogens with zero attached hydrogens (tertiary/aromatic N) is 3. The number of nitrogens with one attached hydrogen (secondary N) is 2. The molecule has 0 bridgehead atoms. The first-order valence-electron chi connectivity index (χ1n) is 7.83. The van der Waals surface area contributed by atoms with E-state index in [9.17, 15) is 9.59 Å². The maximum Gasteiger partial charge on any atom is 0.410 e. The topological polar surface area (TPSA) is 96.5 Å². The first-order chi connectivity index (χ1) is 11.7. The molecule has 1 aromatic rings. The average Bonchev–Trinajstić information content (AvgIpc) is 2.96. The molecule has 1 unspecified atom stereocenters. The van der Waals surface area contributed by atoms with Gasteiger partial charge < -0.3 is 20.3 Å². The number of amides is 2. The van der Waals surface area contributed by atoms with Gasteiger partial charge in [-0.15, -0.1) is 0 Å². The number of hydrogen-bond donors (Lipinski definition) is 2. The molecule has 2 N–H and O–H groups in total. The molecule has 1 aliphatic heterocycles. The van der Waals surface area contributed by atoms with E-state index in [1.165, 1.54) is 6.33 Å². The highest BCUT2D eigenvalue weighted by atomic mass is 127. The van der Waals surface area contributed by atoms with Crippen LogP contribution >= 0.6 is 34.2 Å². The maximum atomic E-state index is 12.1. The zero-order valence-corrected chi connectivity index (χ0v) is 17.2. The van der Waals surface area contributed by atoms with Crippen molar-refractivity contribution in [3.63, 3.8) is 0 Å². The number of aromatic nitrogens is 2. The van der Waals surface area contributed by atoms with Gasteiger partial charge in [-0.25, -0.2) is 14.8 Å². The predicted molar refractivity (Wildman–Crippen MR) is 103 cm³/mol. The SMILES string of the molecule is CC(C)(C)OC(=O)N1CCC(NC(=O)CNc2ncnc(Cl)c2I)C1. The predicted octanol–water partition coefficient (Wildman–Crippen LogP) is 2.27. The normalized spacial score (nSPS) is 17.3. The van der Waals surface area contributed by atoms with Crippen LogP contribution < -0.4 is 10.6 Å². The van der Waals surface area contributed by atoms with Crippen LogP contribution in [0.1, 0.15) is 27.2 Å². The summed E-state index contributed by atoms with van der Waals surface area (Å²) in [5.74, 6) is 0.333. The molecule has 2 amide bonds.